The Hall–Kier alpha value is -0.610. The molecule has 2 atom stereocenters. The van der Waals surface area contributed by atoms with Gasteiger partial charge in [0.05, 0.1) is 18.8 Å². The zero-order valence-corrected chi connectivity index (χ0v) is 9.49. The van der Waals surface area contributed by atoms with Crippen molar-refractivity contribution in [2.75, 3.05) is 20.8 Å². The van der Waals surface area contributed by atoms with Gasteiger partial charge in [0.1, 0.15) is 0 Å². The number of carbonyl (C=O) groups excluding carboxylic acids is 1. The Bertz CT molecular complexity index is 173. The van der Waals surface area contributed by atoms with Gasteiger partial charge >= 0.3 is 0 Å². The van der Waals surface area contributed by atoms with Crippen LogP contribution in [0.4, 0.5) is 0 Å². The first kappa shape index (κ1) is 13.4. The third-order valence-corrected chi connectivity index (χ3v) is 2.49. The van der Waals surface area contributed by atoms with Crippen LogP contribution in [0.25, 0.3) is 0 Å². The molecule has 0 aromatic rings. The molecule has 0 aliphatic carbocycles. The van der Waals surface area contributed by atoms with E-state index in [1.807, 2.05) is 13.8 Å². The maximum absolute atomic E-state index is 11.5. The molecule has 14 heavy (non-hydrogen) atoms. The smallest absolute Gasteiger partial charge is 0.222 e. The van der Waals surface area contributed by atoms with Crippen LogP contribution in [0.5, 0.6) is 0 Å². The van der Waals surface area contributed by atoms with Crippen molar-refractivity contribution in [1.82, 2.24) is 4.90 Å². The van der Waals surface area contributed by atoms with E-state index in [-0.39, 0.29) is 24.7 Å². The van der Waals surface area contributed by atoms with Crippen molar-refractivity contribution >= 4 is 5.91 Å². The molecule has 0 heterocycles. The summed E-state index contributed by atoms with van der Waals surface area (Å²) in [6, 6.07) is -0.111. The number of nitrogens with zero attached hydrogens (tertiary/aromatic N) is 1. The van der Waals surface area contributed by atoms with E-state index >= 15 is 0 Å². The lowest BCUT2D eigenvalue weighted by atomic mass is 10.2. The number of aliphatic hydroxyl groups is 1. The highest BCUT2D eigenvalue weighted by Gasteiger charge is 2.15. The summed E-state index contributed by atoms with van der Waals surface area (Å²) in [7, 11) is 3.34. The van der Waals surface area contributed by atoms with Gasteiger partial charge in [0, 0.05) is 20.6 Å². The van der Waals surface area contributed by atoms with Gasteiger partial charge < -0.3 is 14.7 Å². The molecule has 0 aliphatic rings. The van der Waals surface area contributed by atoms with Crippen LogP contribution in [-0.4, -0.2) is 48.8 Å². The Balaban J connectivity index is 3.84. The van der Waals surface area contributed by atoms with Crippen LogP contribution < -0.4 is 0 Å². The average molecular weight is 203 g/mol. The summed E-state index contributed by atoms with van der Waals surface area (Å²) in [6.07, 6.45) is 1.30. The topological polar surface area (TPSA) is 49.8 Å². The van der Waals surface area contributed by atoms with Gasteiger partial charge in [-0.3, -0.25) is 4.79 Å². The third-order valence-electron chi connectivity index (χ3n) is 2.49. The first-order valence-electron chi connectivity index (χ1n) is 4.92. The Labute approximate surface area is 85.9 Å². The number of aliphatic hydroxyl groups excluding tert-OH is 1. The fourth-order valence-electron chi connectivity index (χ4n) is 0.989. The molecule has 1 amide bonds. The van der Waals surface area contributed by atoms with Crippen LogP contribution in [0.2, 0.25) is 0 Å². The molecule has 4 nitrogen and oxygen atoms in total. The van der Waals surface area contributed by atoms with E-state index in [1.165, 1.54) is 0 Å². The zero-order chi connectivity index (χ0) is 11.1. The van der Waals surface area contributed by atoms with Gasteiger partial charge in [-0.05, 0) is 20.3 Å². The molecule has 84 valence electrons. The van der Waals surface area contributed by atoms with Crippen LogP contribution in [0.3, 0.4) is 0 Å². The molecule has 2 unspecified atom stereocenters. The monoisotopic (exact) mass is 203 g/mol. The van der Waals surface area contributed by atoms with Gasteiger partial charge in [0.2, 0.25) is 5.91 Å². The minimum Gasteiger partial charge on any atom is -0.394 e. The minimum atomic E-state index is -0.111. The predicted molar refractivity (Wildman–Crippen MR) is 55.0 cm³/mol. The lowest BCUT2D eigenvalue weighted by Gasteiger charge is -2.23. The van der Waals surface area contributed by atoms with Crippen LogP contribution in [-0.2, 0) is 9.53 Å². The molecule has 0 bridgehead atoms. The normalized spacial score (nSPS) is 14.9. The molecule has 0 spiro atoms. The van der Waals surface area contributed by atoms with Gasteiger partial charge in [-0.1, -0.05) is 0 Å². The van der Waals surface area contributed by atoms with Gasteiger partial charge in [-0.15, -0.1) is 0 Å². The fourth-order valence-corrected chi connectivity index (χ4v) is 0.989. The summed E-state index contributed by atoms with van der Waals surface area (Å²) in [4.78, 5) is 13.1. The molecule has 0 rings (SSSR count). The van der Waals surface area contributed by atoms with E-state index in [0.717, 1.165) is 6.42 Å². The highest BCUT2D eigenvalue weighted by atomic mass is 16.5. The van der Waals surface area contributed by atoms with Crippen LogP contribution >= 0.6 is 0 Å². The van der Waals surface area contributed by atoms with E-state index < -0.39 is 0 Å². The van der Waals surface area contributed by atoms with E-state index in [2.05, 4.69) is 0 Å². The molecule has 0 radical (unpaired) electrons. The van der Waals surface area contributed by atoms with E-state index in [4.69, 9.17) is 9.84 Å². The number of hydrogen-bond donors (Lipinski definition) is 1. The summed E-state index contributed by atoms with van der Waals surface area (Å²) >= 11 is 0. The summed E-state index contributed by atoms with van der Waals surface area (Å²) in [5.74, 6) is 0.0513. The van der Waals surface area contributed by atoms with Crippen molar-refractivity contribution in [2.24, 2.45) is 0 Å². The Morgan fingerprint density at radius 2 is 2.07 bits per heavy atom. The summed E-state index contributed by atoms with van der Waals surface area (Å²) in [5, 5.41) is 8.86. The van der Waals surface area contributed by atoms with Gasteiger partial charge in [0.25, 0.3) is 0 Å². The van der Waals surface area contributed by atoms with E-state index in [9.17, 15) is 4.79 Å². The number of methoxy groups -OCH3 is 1. The zero-order valence-electron chi connectivity index (χ0n) is 9.49. The standard InChI is InChI=1S/C10H21NO3/c1-8(7-12)11(3)10(13)6-5-9(2)14-4/h8-9,12H,5-7H2,1-4H3. The highest BCUT2D eigenvalue weighted by molar-refractivity contribution is 5.76. The molecule has 0 fully saturated rings. The Morgan fingerprint density at radius 3 is 2.50 bits per heavy atom. The minimum absolute atomic E-state index is 0.00205. The molecule has 0 saturated carbocycles. The van der Waals surface area contributed by atoms with Crippen LogP contribution in [0.15, 0.2) is 0 Å². The summed E-state index contributed by atoms with van der Waals surface area (Å²) in [6.45, 7) is 3.75. The van der Waals surface area contributed by atoms with E-state index in [0.29, 0.717) is 6.42 Å². The highest BCUT2D eigenvalue weighted by Crippen LogP contribution is 2.04. The predicted octanol–water partition coefficient (Wildman–Crippen LogP) is 0.641. The maximum Gasteiger partial charge on any atom is 0.222 e. The second kappa shape index (κ2) is 6.79. The second-order valence-corrected chi connectivity index (χ2v) is 3.62. The molecule has 0 aromatic heterocycles. The Morgan fingerprint density at radius 1 is 1.50 bits per heavy atom. The number of rotatable bonds is 6. The number of hydrogen-bond acceptors (Lipinski definition) is 3. The first-order valence-corrected chi connectivity index (χ1v) is 4.92. The molecule has 4 heteroatoms. The fraction of sp³-hybridized carbons (Fsp3) is 0.900. The van der Waals surface area contributed by atoms with Crippen LogP contribution in [0, 0.1) is 0 Å². The van der Waals surface area contributed by atoms with Gasteiger partial charge in [0.15, 0.2) is 0 Å². The van der Waals surface area contributed by atoms with Crippen LogP contribution in [0.1, 0.15) is 26.7 Å². The second-order valence-electron chi connectivity index (χ2n) is 3.62. The molecule has 0 saturated heterocycles. The lowest BCUT2D eigenvalue weighted by Crippen LogP contribution is -2.37. The van der Waals surface area contributed by atoms with Crippen molar-refractivity contribution < 1.29 is 14.6 Å². The van der Waals surface area contributed by atoms with Crippen molar-refractivity contribution in [3.63, 3.8) is 0 Å². The number of likely N-dealkylation sites (N-methyl/N-ethyl adjacent to an activating group) is 1. The average Bonchev–Trinajstić information content (AvgIpc) is 2.22. The molecule has 1 N–H and O–H groups in total. The van der Waals surface area contributed by atoms with Gasteiger partial charge in [-0.2, -0.15) is 0 Å². The van der Waals surface area contributed by atoms with Crippen molar-refractivity contribution in [1.29, 1.82) is 0 Å². The SMILES string of the molecule is COC(C)CCC(=O)N(C)C(C)CO. The summed E-state index contributed by atoms with van der Waals surface area (Å²) in [5.41, 5.74) is 0. The Kier molecular flexibility index (Phi) is 6.49. The lowest BCUT2D eigenvalue weighted by molar-refractivity contribution is -0.133. The van der Waals surface area contributed by atoms with Gasteiger partial charge in [-0.25, -0.2) is 0 Å². The quantitative estimate of drug-likeness (QED) is 0.689. The molecular formula is C10H21NO3. The van der Waals surface area contributed by atoms with E-state index in [1.54, 1.807) is 19.1 Å². The third kappa shape index (κ3) is 4.58. The van der Waals surface area contributed by atoms with Crippen molar-refractivity contribution in [3.8, 4) is 0 Å². The van der Waals surface area contributed by atoms with Crippen molar-refractivity contribution in [2.45, 2.75) is 38.8 Å². The number of amides is 1. The number of carbonyl (C=O) groups is 1. The van der Waals surface area contributed by atoms with Crippen molar-refractivity contribution in [3.05, 3.63) is 0 Å². The number of ether oxygens (including phenoxy) is 1. The maximum atomic E-state index is 11.5. The first-order chi connectivity index (χ1) is 6.52. The molecular weight excluding hydrogens is 182 g/mol. The molecule has 0 aromatic carbocycles. The largest absolute Gasteiger partial charge is 0.394 e. The summed E-state index contributed by atoms with van der Waals surface area (Å²) < 4.78 is 5.05. The molecule has 0 aliphatic heterocycles.